The van der Waals surface area contributed by atoms with Crippen molar-refractivity contribution >= 4 is 17.2 Å². The molecule has 0 saturated heterocycles. The molecule has 1 aromatic heterocycles. The molecular formula is C10H15NOS. The molecule has 0 aliphatic carbocycles. The van der Waals surface area contributed by atoms with E-state index < -0.39 is 0 Å². The van der Waals surface area contributed by atoms with Crippen LogP contribution in [-0.2, 0) is 11.2 Å². The fourth-order valence-corrected chi connectivity index (χ4v) is 1.99. The van der Waals surface area contributed by atoms with Crippen LogP contribution >= 0.6 is 11.3 Å². The Morgan fingerprint density at radius 2 is 2.31 bits per heavy atom. The molecule has 0 radical (unpaired) electrons. The van der Waals surface area contributed by atoms with Gasteiger partial charge in [-0.1, -0.05) is 0 Å². The molecule has 1 amide bonds. The maximum atomic E-state index is 10.9. The van der Waals surface area contributed by atoms with E-state index in [1.807, 2.05) is 7.05 Å². The minimum atomic E-state index is 0.134. The second kappa shape index (κ2) is 4.42. The molecule has 0 atom stereocenters. The number of thiophene rings is 1. The van der Waals surface area contributed by atoms with Crippen LogP contribution in [0.3, 0.4) is 0 Å². The maximum Gasteiger partial charge on any atom is 0.219 e. The van der Waals surface area contributed by atoms with Gasteiger partial charge in [-0.2, -0.15) is 0 Å². The van der Waals surface area contributed by atoms with E-state index in [9.17, 15) is 4.79 Å². The van der Waals surface area contributed by atoms with Crippen molar-refractivity contribution < 1.29 is 4.79 Å². The van der Waals surface area contributed by atoms with Crippen LogP contribution in [0.25, 0.3) is 0 Å². The number of hydrogen-bond donors (Lipinski definition) is 0. The van der Waals surface area contributed by atoms with Gasteiger partial charge in [-0.05, 0) is 30.4 Å². The van der Waals surface area contributed by atoms with Gasteiger partial charge in [-0.15, -0.1) is 11.3 Å². The Hall–Kier alpha value is -0.830. The SMILES string of the molecule is CC(=O)N(C)CCc1sccc1C. The number of carbonyl (C=O) groups is 1. The Labute approximate surface area is 83.2 Å². The lowest BCUT2D eigenvalue weighted by atomic mass is 10.2. The van der Waals surface area contributed by atoms with Crippen molar-refractivity contribution in [2.45, 2.75) is 20.3 Å². The van der Waals surface area contributed by atoms with Crippen LogP contribution in [0.5, 0.6) is 0 Å². The fraction of sp³-hybridized carbons (Fsp3) is 0.500. The molecule has 0 bridgehead atoms. The second-order valence-corrected chi connectivity index (χ2v) is 4.22. The number of amides is 1. The summed E-state index contributed by atoms with van der Waals surface area (Å²) in [4.78, 5) is 14.0. The summed E-state index contributed by atoms with van der Waals surface area (Å²) in [7, 11) is 1.84. The van der Waals surface area contributed by atoms with E-state index in [0.29, 0.717) is 0 Å². The topological polar surface area (TPSA) is 20.3 Å². The highest BCUT2D eigenvalue weighted by molar-refractivity contribution is 7.10. The van der Waals surface area contributed by atoms with E-state index in [1.54, 1.807) is 23.2 Å². The first-order valence-electron chi connectivity index (χ1n) is 4.36. The molecule has 1 rings (SSSR count). The maximum absolute atomic E-state index is 10.9. The molecular weight excluding hydrogens is 182 g/mol. The summed E-state index contributed by atoms with van der Waals surface area (Å²) >= 11 is 1.77. The van der Waals surface area contributed by atoms with Gasteiger partial charge in [0.1, 0.15) is 0 Å². The predicted molar refractivity (Wildman–Crippen MR) is 56.1 cm³/mol. The molecule has 0 unspecified atom stereocenters. The smallest absolute Gasteiger partial charge is 0.219 e. The summed E-state index contributed by atoms with van der Waals surface area (Å²) in [5, 5.41) is 2.10. The van der Waals surface area contributed by atoms with Gasteiger partial charge in [0.25, 0.3) is 0 Å². The van der Waals surface area contributed by atoms with E-state index in [1.165, 1.54) is 10.4 Å². The third-order valence-electron chi connectivity index (χ3n) is 2.18. The van der Waals surface area contributed by atoms with Crippen molar-refractivity contribution in [2.75, 3.05) is 13.6 Å². The average molecular weight is 197 g/mol. The van der Waals surface area contributed by atoms with E-state index in [2.05, 4.69) is 18.4 Å². The highest BCUT2D eigenvalue weighted by Gasteiger charge is 2.04. The molecule has 0 aromatic carbocycles. The number of carbonyl (C=O) groups excluding carboxylic acids is 1. The highest BCUT2D eigenvalue weighted by atomic mass is 32.1. The van der Waals surface area contributed by atoms with Crippen molar-refractivity contribution in [3.63, 3.8) is 0 Å². The van der Waals surface area contributed by atoms with Gasteiger partial charge >= 0.3 is 0 Å². The molecule has 2 nitrogen and oxygen atoms in total. The Kier molecular flexibility index (Phi) is 3.48. The Morgan fingerprint density at radius 3 is 2.77 bits per heavy atom. The summed E-state index contributed by atoms with van der Waals surface area (Å²) in [5.41, 5.74) is 1.34. The molecule has 3 heteroatoms. The van der Waals surface area contributed by atoms with Crippen LogP contribution < -0.4 is 0 Å². The first-order valence-corrected chi connectivity index (χ1v) is 5.24. The molecule has 1 aromatic rings. The molecule has 72 valence electrons. The number of hydrogen-bond acceptors (Lipinski definition) is 2. The van der Waals surface area contributed by atoms with E-state index >= 15 is 0 Å². The van der Waals surface area contributed by atoms with Gasteiger partial charge in [0.2, 0.25) is 5.91 Å². The summed E-state index contributed by atoms with van der Waals surface area (Å²) < 4.78 is 0. The summed E-state index contributed by atoms with van der Waals surface area (Å²) in [6.45, 7) is 4.53. The van der Waals surface area contributed by atoms with E-state index in [-0.39, 0.29) is 5.91 Å². The molecule has 0 saturated carbocycles. The normalized spacial score (nSPS) is 10.1. The number of likely N-dealkylation sites (N-methyl/N-ethyl adjacent to an activating group) is 1. The lowest BCUT2D eigenvalue weighted by Crippen LogP contribution is -2.25. The van der Waals surface area contributed by atoms with Gasteiger partial charge in [0.15, 0.2) is 0 Å². The minimum Gasteiger partial charge on any atom is -0.346 e. The van der Waals surface area contributed by atoms with E-state index in [4.69, 9.17) is 0 Å². The van der Waals surface area contributed by atoms with Crippen molar-refractivity contribution in [3.05, 3.63) is 21.9 Å². The van der Waals surface area contributed by atoms with Crippen molar-refractivity contribution in [2.24, 2.45) is 0 Å². The van der Waals surface area contributed by atoms with E-state index in [0.717, 1.165) is 13.0 Å². The van der Waals surface area contributed by atoms with Crippen LogP contribution in [0, 0.1) is 6.92 Å². The van der Waals surface area contributed by atoms with Gasteiger partial charge in [-0.3, -0.25) is 4.79 Å². The number of aryl methyl sites for hydroxylation is 1. The van der Waals surface area contributed by atoms with Gasteiger partial charge in [0, 0.05) is 25.4 Å². The second-order valence-electron chi connectivity index (χ2n) is 3.22. The highest BCUT2D eigenvalue weighted by Crippen LogP contribution is 2.16. The predicted octanol–water partition coefficient (Wildman–Crippen LogP) is 2.08. The fourth-order valence-electron chi connectivity index (χ4n) is 1.09. The molecule has 0 aliphatic rings. The Morgan fingerprint density at radius 1 is 1.62 bits per heavy atom. The standard InChI is InChI=1S/C10H15NOS/c1-8-5-7-13-10(8)4-6-11(3)9(2)12/h5,7H,4,6H2,1-3H3. The lowest BCUT2D eigenvalue weighted by Gasteiger charge is -2.13. The molecule has 0 N–H and O–H groups in total. The molecule has 0 spiro atoms. The minimum absolute atomic E-state index is 0.134. The quantitative estimate of drug-likeness (QED) is 0.726. The Balaban J connectivity index is 2.44. The van der Waals surface area contributed by atoms with Gasteiger partial charge < -0.3 is 4.90 Å². The monoisotopic (exact) mass is 197 g/mol. The zero-order valence-corrected chi connectivity index (χ0v) is 9.15. The summed E-state index contributed by atoms with van der Waals surface area (Å²) in [5.74, 6) is 0.134. The molecule has 1 heterocycles. The molecule has 0 fully saturated rings. The molecule has 0 aliphatic heterocycles. The summed E-state index contributed by atoms with van der Waals surface area (Å²) in [6, 6.07) is 2.12. The van der Waals surface area contributed by atoms with Gasteiger partial charge in [0.05, 0.1) is 0 Å². The average Bonchev–Trinajstić information content (AvgIpc) is 2.47. The zero-order valence-electron chi connectivity index (χ0n) is 8.33. The van der Waals surface area contributed by atoms with Crippen LogP contribution in [0.2, 0.25) is 0 Å². The zero-order chi connectivity index (χ0) is 9.84. The third-order valence-corrected chi connectivity index (χ3v) is 3.26. The number of rotatable bonds is 3. The largest absolute Gasteiger partial charge is 0.346 e. The van der Waals surface area contributed by atoms with Gasteiger partial charge in [-0.25, -0.2) is 0 Å². The van der Waals surface area contributed by atoms with Crippen molar-refractivity contribution in [3.8, 4) is 0 Å². The third kappa shape index (κ3) is 2.84. The van der Waals surface area contributed by atoms with Crippen LogP contribution in [0.1, 0.15) is 17.4 Å². The first-order chi connectivity index (χ1) is 6.11. The lowest BCUT2D eigenvalue weighted by molar-refractivity contribution is -0.127. The molecule has 13 heavy (non-hydrogen) atoms. The first kappa shape index (κ1) is 10.3. The number of nitrogens with zero attached hydrogens (tertiary/aromatic N) is 1. The van der Waals surface area contributed by atoms with Crippen LogP contribution in [0.4, 0.5) is 0 Å². The van der Waals surface area contributed by atoms with Crippen molar-refractivity contribution in [1.82, 2.24) is 4.90 Å². The Bertz CT molecular complexity index is 293. The van der Waals surface area contributed by atoms with Crippen LogP contribution in [0.15, 0.2) is 11.4 Å². The van der Waals surface area contributed by atoms with Crippen molar-refractivity contribution in [1.29, 1.82) is 0 Å². The van der Waals surface area contributed by atoms with Crippen LogP contribution in [-0.4, -0.2) is 24.4 Å². The summed E-state index contributed by atoms with van der Waals surface area (Å²) in [6.07, 6.45) is 0.972.